The number of likely N-dealkylation sites (N-methyl/N-ethyl adjacent to an activating group) is 1. The Morgan fingerprint density at radius 3 is 2.47 bits per heavy atom. The van der Waals surface area contributed by atoms with E-state index in [1.807, 2.05) is 7.05 Å². The van der Waals surface area contributed by atoms with Crippen LogP contribution in [0.15, 0.2) is 82.9 Å². The van der Waals surface area contributed by atoms with Crippen molar-refractivity contribution in [2.75, 3.05) is 25.5 Å². The van der Waals surface area contributed by atoms with Crippen LogP contribution in [-0.4, -0.2) is 67.0 Å². The van der Waals surface area contributed by atoms with Gasteiger partial charge >= 0.3 is 5.69 Å². The zero-order valence-electron chi connectivity index (χ0n) is 25.8. The van der Waals surface area contributed by atoms with Crippen molar-refractivity contribution >= 4 is 28.5 Å². The largest absolute Gasteiger partial charge is 0.455 e. The Morgan fingerprint density at radius 1 is 1.00 bits per heavy atom. The second kappa shape index (κ2) is 12.9. The van der Waals surface area contributed by atoms with Gasteiger partial charge in [0.15, 0.2) is 0 Å². The molecule has 2 amide bonds. The predicted molar refractivity (Wildman–Crippen MR) is 172 cm³/mol. The fourth-order valence-corrected chi connectivity index (χ4v) is 5.29. The number of carbonyl (C=O) groups is 2. The lowest BCUT2D eigenvalue weighted by molar-refractivity contribution is 0.0932. The lowest BCUT2D eigenvalue weighted by Gasteiger charge is -2.15. The summed E-state index contributed by atoms with van der Waals surface area (Å²) < 4.78 is 21.7. The average Bonchev–Trinajstić information content (AvgIpc) is 3.46. The topological polar surface area (TPSA) is 153 Å². The number of nitrogens with one attached hydrogen (secondary N) is 2. The number of anilines is 1. The molecule has 4 aromatic heterocycles. The minimum atomic E-state index is -0.862. The van der Waals surface area contributed by atoms with E-state index in [2.05, 4.69) is 30.5 Å². The molecule has 0 saturated carbocycles. The van der Waals surface area contributed by atoms with Gasteiger partial charge in [0.2, 0.25) is 0 Å². The Morgan fingerprint density at radius 2 is 1.79 bits per heavy atom. The van der Waals surface area contributed by atoms with E-state index >= 15 is 0 Å². The SMILES string of the molecule is CC(C)n1cc(C(=O)Nc2ccc(Oc3ccnc4cnc(C(=O)N[C@H]5CCN(C)C5)cc34)cn2)c(=O)n(-c2ccc(F)cc2)c1=O. The van der Waals surface area contributed by atoms with Crippen molar-refractivity contribution in [2.24, 2.45) is 0 Å². The molecule has 1 aliphatic heterocycles. The van der Waals surface area contributed by atoms with E-state index in [0.717, 1.165) is 36.2 Å². The van der Waals surface area contributed by atoms with Crippen molar-refractivity contribution in [1.82, 2.24) is 34.3 Å². The maximum Gasteiger partial charge on any atom is 0.335 e. The molecule has 2 N–H and O–H groups in total. The molecule has 0 unspecified atom stereocenters. The summed E-state index contributed by atoms with van der Waals surface area (Å²) in [6.07, 6.45) is 6.53. The fraction of sp³-hybridized carbons (Fsp3) is 0.242. The molecule has 5 heterocycles. The maximum absolute atomic E-state index is 13.5. The smallest absolute Gasteiger partial charge is 0.335 e. The number of amides is 2. The van der Waals surface area contributed by atoms with Gasteiger partial charge < -0.3 is 20.3 Å². The zero-order valence-corrected chi connectivity index (χ0v) is 25.8. The van der Waals surface area contributed by atoms with Gasteiger partial charge in [0.1, 0.15) is 34.4 Å². The van der Waals surface area contributed by atoms with Gasteiger partial charge in [-0.2, -0.15) is 0 Å². The number of pyridine rings is 3. The zero-order chi connectivity index (χ0) is 33.2. The number of halogens is 1. The van der Waals surface area contributed by atoms with Crippen molar-refractivity contribution < 1.29 is 18.7 Å². The quantitative estimate of drug-likeness (QED) is 0.260. The molecule has 0 aliphatic carbocycles. The molecule has 240 valence electrons. The minimum Gasteiger partial charge on any atom is -0.455 e. The highest BCUT2D eigenvalue weighted by molar-refractivity contribution is 6.03. The molecule has 13 nitrogen and oxygen atoms in total. The van der Waals surface area contributed by atoms with E-state index in [1.54, 1.807) is 38.2 Å². The molecular weight excluding hydrogens is 607 g/mol. The first-order valence-electron chi connectivity index (χ1n) is 14.9. The lowest BCUT2D eigenvalue weighted by Crippen LogP contribution is -2.42. The number of aromatic nitrogens is 5. The minimum absolute atomic E-state index is 0.0533. The van der Waals surface area contributed by atoms with Crippen molar-refractivity contribution in [1.29, 1.82) is 0 Å². The summed E-state index contributed by atoms with van der Waals surface area (Å²) >= 11 is 0. The van der Waals surface area contributed by atoms with Crippen LogP contribution >= 0.6 is 0 Å². The molecular formula is C33H31FN8O5. The Labute approximate surface area is 267 Å². The number of nitrogens with zero attached hydrogens (tertiary/aromatic N) is 6. The Bertz CT molecular complexity index is 2090. The molecule has 0 radical (unpaired) electrons. The lowest BCUT2D eigenvalue weighted by atomic mass is 10.2. The van der Waals surface area contributed by atoms with Crippen LogP contribution in [0.2, 0.25) is 0 Å². The third-order valence-corrected chi connectivity index (χ3v) is 7.75. The van der Waals surface area contributed by atoms with Crippen LogP contribution < -0.4 is 26.6 Å². The molecule has 1 atom stereocenters. The standard InChI is InChI=1S/C33H31FN8O5/c1-19(2)41-18-25(32(45)42(33(41)46)22-6-4-20(34)5-7-22)30(43)39-29-9-8-23(15-37-29)47-28-10-12-35-27-16-36-26(14-24(27)28)31(44)38-21-11-13-40(3)17-21/h4-10,12,14-16,18-19,21H,11,13,17H2,1-3H3,(H,38,44)(H,37,39,43)/t21-/m0/s1. The van der Waals surface area contributed by atoms with E-state index in [4.69, 9.17) is 4.74 Å². The summed E-state index contributed by atoms with van der Waals surface area (Å²) in [5.41, 5.74) is -0.936. The van der Waals surface area contributed by atoms with Gasteiger partial charge in [0.05, 0.1) is 23.6 Å². The second-order valence-electron chi connectivity index (χ2n) is 11.5. The number of hydrogen-bond donors (Lipinski definition) is 2. The highest BCUT2D eigenvalue weighted by Gasteiger charge is 2.23. The summed E-state index contributed by atoms with van der Waals surface area (Å²) in [6, 6.07) is 10.9. The number of rotatable bonds is 8. The Kier molecular flexibility index (Phi) is 8.59. The van der Waals surface area contributed by atoms with Crippen LogP contribution in [0.5, 0.6) is 11.5 Å². The first-order chi connectivity index (χ1) is 22.6. The second-order valence-corrected chi connectivity index (χ2v) is 11.5. The summed E-state index contributed by atoms with van der Waals surface area (Å²) in [5, 5.41) is 6.18. The van der Waals surface area contributed by atoms with Gasteiger partial charge in [-0.25, -0.2) is 23.7 Å². The molecule has 14 heteroatoms. The Balaban J connectivity index is 1.21. The van der Waals surface area contributed by atoms with Gasteiger partial charge in [-0.3, -0.25) is 23.9 Å². The highest BCUT2D eigenvalue weighted by atomic mass is 19.1. The predicted octanol–water partition coefficient (Wildman–Crippen LogP) is 3.54. The molecule has 1 aromatic carbocycles. The van der Waals surface area contributed by atoms with Gasteiger partial charge in [0, 0.05) is 36.4 Å². The third kappa shape index (κ3) is 6.63. The van der Waals surface area contributed by atoms with Crippen molar-refractivity contribution in [3.63, 3.8) is 0 Å². The van der Waals surface area contributed by atoms with Crippen LogP contribution in [0.4, 0.5) is 10.2 Å². The molecule has 1 fully saturated rings. The van der Waals surface area contributed by atoms with Crippen LogP contribution in [0.3, 0.4) is 0 Å². The first kappa shape index (κ1) is 31.2. The number of fused-ring (bicyclic) bond motifs is 1. The van der Waals surface area contributed by atoms with Gasteiger partial charge in [-0.15, -0.1) is 0 Å². The molecule has 1 aliphatic rings. The van der Waals surface area contributed by atoms with Crippen LogP contribution in [-0.2, 0) is 0 Å². The number of benzene rings is 1. The number of ether oxygens (including phenoxy) is 1. The van der Waals surface area contributed by atoms with E-state index in [0.29, 0.717) is 22.4 Å². The van der Waals surface area contributed by atoms with Crippen molar-refractivity contribution in [3.8, 4) is 17.2 Å². The number of carbonyl (C=O) groups excluding carboxylic acids is 2. The molecule has 0 spiro atoms. The van der Waals surface area contributed by atoms with E-state index < -0.39 is 23.0 Å². The highest BCUT2D eigenvalue weighted by Crippen LogP contribution is 2.29. The van der Waals surface area contributed by atoms with Gasteiger partial charge in [0.25, 0.3) is 17.4 Å². The summed E-state index contributed by atoms with van der Waals surface area (Å²) in [5.74, 6) is -0.728. The van der Waals surface area contributed by atoms with E-state index in [-0.39, 0.29) is 40.8 Å². The van der Waals surface area contributed by atoms with Crippen LogP contribution in [0.1, 0.15) is 47.2 Å². The summed E-state index contributed by atoms with van der Waals surface area (Å²) in [4.78, 5) is 67.6. The molecule has 6 rings (SSSR count). The molecule has 5 aromatic rings. The monoisotopic (exact) mass is 638 g/mol. The fourth-order valence-electron chi connectivity index (χ4n) is 5.29. The van der Waals surface area contributed by atoms with Crippen LogP contribution in [0, 0.1) is 5.82 Å². The first-order valence-corrected chi connectivity index (χ1v) is 14.9. The average molecular weight is 639 g/mol. The molecule has 0 bridgehead atoms. The maximum atomic E-state index is 13.5. The number of likely N-dealkylation sites (tertiary alicyclic amines) is 1. The summed E-state index contributed by atoms with van der Waals surface area (Å²) in [7, 11) is 2.01. The summed E-state index contributed by atoms with van der Waals surface area (Å²) in [6.45, 7) is 5.15. The van der Waals surface area contributed by atoms with Gasteiger partial charge in [-0.05, 0) is 82.4 Å². The van der Waals surface area contributed by atoms with Crippen molar-refractivity contribution in [3.05, 3.63) is 111 Å². The third-order valence-electron chi connectivity index (χ3n) is 7.75. The van der Waals surface area contributed by atoms with Crippen LogP contribution in [0.25, 0.3) is 16.6 Å². The molecule has 1 saturated heterocycles. The Hall–Kier alpha value is -5.76. The van der Waals surface area contributed by atoms with Crippen molar-refractivity contribution in [2.45, 2.75) is 32.4 Å². The van der Waals surface area contributed by atoms with E-state index in [1.165, 1.54) is 41.4 Å². The van der Waals surface area contributed by atoms with E-state index in [9.17, 15) is 23.6 Å². The number of hydrogen-bond acceptors (Lipinski definition) is 9. The molecule has 47 heavy (non-hydrogen) atoms. The van der Waals surface area contributed by atoms with Gasteiger partial charge in [-0.1, -0.05) is 0 Å². The normalized spacial score (nSPS) is 14.8.